The highest BCUT2D eigenvalue weighted by Gasteiger charge is 2.13. The quantitative estimate of drug-likeness (QED) is 0.155. The molecule has 4 rings (SSSR count). The van der Waals surface area contributed by atoms with Gasteiger partial charge < -0.3 is 9.47 Å². The number of rotatable bonds is 11. The number of unbranched alkanes of at least 4 members (excludes halogenated alkanes) is 2. The molecule has 0 unspecified atom stereocenters. The van der Waals surface area contributed by atoms with Crippen molar-refractivity contribution in [1.29, 1.82) is 0 Å². The van der Waals surface area contributed by atoms with Crippen molar-refractivity contribution in [3.63, 3.8) is 0 Å². The monoisotopic (exact) mass is 497 g/mol. The van der Waals surface area contributed by atoms with Crippen LogP contribution in [0, 0.1) is 11.6 Å². The van der Waals surface area contributed by atoms with Gasteiger partial charge in [-0.05, 0) is 66.1 Å². The third-order valence-corrected chi connectivity index (χ3v) is 5.98. The van der Waals surface area contributed by atoms with Crippen LogP contribution in [0.5, 0.6) is 11.5 Å². The minimum atomic E-state index is -3.10. The molecule has 0 atom stereocenters. The second kappa shape index (κ2) is 11.9. The molecule has 0 amide bonds. The summed E-state index contributed by atoms with van der Waals surface area (Å²) in [6.45, 7) is -0.283. The average Bonchev–Trinajstić information content (AvgIpc) is 2.88. The van der Waals surface area contributed by atoms with Gasteiger partial charge in [-0.25, -0.2) is 8.78 Å². The van der Waals surface area contributed by atoms with Gasteiger partial charge in [0.1, 0.15) is 11.6 Å². The van der Waals surface area contributed by atoms with Crippen LogP contribution >= 0.6 is 0 Å². The van der Waals surface area contributed by atoms with Crippen LogP contribution in [0.4, 0.5) is 17.6 Å². The Morgan fingerprint density at radius 1 is 0.889 bits per heavy atom. The van der Waals surface area contributed by atoms with Crippen LogP contribution in [-0.4, -0.2) is 18.2 Å². The molecule has 0 aliphatic heterocycles. The van der Waals surface area contributed by atoms with Gasteiger partial charge >= 0.3 is 6.61 Å². The number of alkyl halides is 2. The van der Waals surface area contributed by atoms with E-state index in [-0.39, 0.29) is 5.82 Å². The van der Waals surface area contributed by atoms with E-state index in [0.29, 0.717) is 36.0 Å². The van der Waals surface area contributed by atoms with Crippen molar-refractivity contribution in [3.05, 3.63) is 89.6 Å². The van der Waals surface area contributed by atoms with Gasteiger partial charge in [-0.3, -0.25) is 4.98 Å². The van der Waals surface area contributed by atoms with Crippen molar-refractivity contribution in [1.82, 2.24) is 4.98 Å². The molecule has 4 aromatic rings. The number of nitrogens with zero attached hydrogens (tertiary/aromatic N) is 1. The maximum Gasteiger partial charge on any atom is 0.387 e. The van der Waals surface area contributed by atoms with E-state index in [1.807, 2.05) is 30.3 Å². The maximum absolute atomic E-state index is 15.2. The third-order valence-electron chi connectivity index (χ3n) is 5.98. The fourth-order valence-corrected chi connectivity index (χ4v) is 4.04. The molecular weight excluding hydrogens is 470 g/mol. The van der Waals surface area contributed by atoms with Gasteiger partial charge in [0.15, 0.2) is 11.6 Å². The Hall–Kier alpha value is -3.61. The largest absolute Gasteiger partial charge is 0.492 e. The van der Waals surface area contributed by atoms with E-state index in [1.165, 1.54) is 6.07 Å². The predicted octanol–water partition coefficient (Wildman–Crippen LogP) is 8.14. The van der Waals surface area contributed by atoms with E-state index in [4.69, 9.17) is 4.74 Å². The molecule has 0 saturated heterocycles. The number of pyridine rings is 1. The molecule has 0 radical (unpaired) electrons. The smallest absolute Gasteiger partial charge is 0.387 e. The summed E-state index contributed by atoms with van der Waals surface area (Å²) >= 11 is 0. The first-order chi connectivity index (χ1) is 17.4. The number of aromatic nitrogens is 1. The predicted molar refractivity (Wildman–Crippen MR) is 133 cm³/mol. The van der Waals surface area contributed by atoms with E-state index < -0.39 is 18.2 Å². The molecule has 0 N–H and O–H groups in total. The summed E-state index contributed by atoms with van der Waals surface area (Å²) in [4.78, 5) is 4.49. The van der Waals surface area contributed by atoms with Crippen molar-refractivity contribution in [2.75, 3.05) is 6.61 Å². The number of aryl methyl sites for hydroxylation is 2. The molecule has 0 fully saturated rings. The SMILES string of the molecule is CCCCCOc1ccc(-c2ccc3c(F)c(CCc4ccc(OC(F)F)c(F)c4)ccc3c2)nc1. The van der Waals surface area contributed by atoms with Crippen LogP contribution in [-0.2, 0) is 12.8 Å². The summed E-state index contributed by atoms with van der Waals surface area (Å²) in [7, 11) is 0. The Bertz CT molecular complexity index is 1310. The Morgan fingerprint density at radius 2 is 1.75 bits per heavy atom. The minimum Gasteiger partial charge on any atom is -0.492 e. The summed E-state index contributed by atoms with van der Waals surface area (Å²) in [5.74, 6) is -0.988. The zero-order valence-corrected chi connectivity index (χ0v) is 19.9. The minimum absolute atomic E-state index is 0.332. The first-order valence-electron chi connectivity index (χ1n) is 12.0. The number of ether oxygens (including phenoxy) is 2. The van der Waals surface area contributed by atoms with E-state index in [1.54, 1.807) is 18.3 Å². The highest BCUT2D eigenvalue weighted by Crippen LogP contribution is 2.28. The first kappa shape index (κ1) is 25.5. The molecule has 0 aliphatic carbocycles. The van der Waals surface area contributed by atoms with Crippen molar-refractivity contribution < 1.29 is 27.0 Å². The zero-order chi connectivity index (χ0) is 25.5. The van der Waals surface area contributed by atoms with Crippen LogP contribution in [0.2, 0.25) is 0 Å². The molecule has 36 heavy (non-hydrogen) atoms. The van der Waals surface area contributed by atoms with Gasteiger partial charge in [-0.1, -0.05) is 50.1 Å². The van der Waals surface area contributed by atoms with Gasteiger partial charge in [0.2, 0.25) is 0 Å². The lowest BCUT2D eigenvalue weighted by atomic mass is 9.98. The molecule has 188 valence electrons. The van der Waals surface area contributed by atoms with Crippen molar-refractivity contribution in [2.45, 2.75) is 45.6 Å². The van der Waals surface area contributed by atoms with Crippen LogP contribution in [0.15, 0.2) is 66.9 Å². The summed E-state index contributed by atoms with van der Waals surface area (Å²) in [5.41, 5.74) is 2.69. The molecule has 1 heterocycles. The molecule has 1 aromatic heterocycles. The zero-order valence-electron chi connectivity index (χ0n) is 19.9. The number of hydrogen-bond donors (Lipinski definition) is 0. The Labute approximate surface area is 207 Å². The molecule has 0 saturated carbocycles. The van der Waals surface area contributed by atoms with Gasteiger partial charge in [0.05, 0.1) is 18.5 Å². The van der Waals surface area contributed by atoms with Crippen LogP contribution in [0.1, 0.15) is 37.3 Å². The van der Waals surface area contributed by atoms with Gasteiger partial charge in [0, 0.05) is 10.9 Å². The lowest BCUT2D eigenvalue weighted by molar-refractivity contribution is -0.0522. The molecule has 0 spiro atoms. The molecule has 3 aromatic carbocycles. The summed E-state index contributed by atoms with van der Waals surface area (Å²) < 4.78 is 63.6. The normalized spacial score (nSPS) is 11.3. The lowest BCUT2D eigenvalue weighted by Gasteiger charge is -2.10. The highest BCUT2D eigenvalue weighted by molar-refractivity contribution is 5.88. The van der Waals surface area contributed by atoms with Crippen molar-refractivity contribution in [2.24, 2.45) is 0 Å². The molecule has 7 heteroatoms. The number of benzene rings is 3. The summed E-state index contributed by atoms with van der Waals surface area (Å²) in [5, 5.41) is 1.23. The summed E-state index contributed by atoms with van der Waals surface area (Å²) in [6.07, 6.45) is 5.66. The number of halogens is 4. The number of fused-ring (bicyclic) bond motifs is 1. The Morgan fingerprint density at radius 3 is 2.47 bits per heavy atom. The van der Waals surface area contributed by atoms with E-state index in [0.717, 1.165) is 53.8 Å². The lowest BCUT2D eigenvalue weighted by Crippen LogP contribution is -2.04. The number of hydrogen-bond acceptors (Lipinski definition) is 3. The van der Waals surface area contributed by atoms with Crippen molar-refractivity contribution in [3.8, 4) is 22.8 Å². The van der Waals surface area contributed by atoms with E-state index >= 15 is 4.39 Å². The molecular formula is C29H27F4NO2. The third kappa shape index (κ3) is 6.33. The Balaban J connectivity index is 1.44. The molecule has 0 bridgehead atoms. The van der Waals surface area contributed by atoms with E-state index in [9.17, 15) is 13.2 Å². The van der Waals surface area contributed by atoms with E-state index in [2.05, 4.69) is 16.6 Å². The first-order valence-corrected chi connectivity index (χ1v) is 12.0. The fourth-order valence-electron chi connectivity index (χ4n) is 4.04. The Kier molecular flexibility index (Phi) is 8.41. The van der Waals surface area contributed by atoms with Gasteiger partial charge in [-0.15, -0.1) is 0 Å². The molecule has 3 nitrogen and oxygen atoms in total. The second-order valence-corrected chi connectivity index (χ2v) is 8.55. The van der Waals surface area contributed by atoms with Crippen LogP contribution in [0.25, 0.3) is 22.0 Å². The maximum atomic E-state index is 15.2. The van der Waals surface area contributed by atoms with Gasteiger partial charge in [-0.2, -0.15) is 8.78 Å². The van der Waals surface area contributed by atoms with Crippen LogP contribution in [0.3, 0.4) is 0 Å². The highest BCUT2D eigenvalue weighted by atomic mass is 19.3. The summed E-state index contributed by atoms with van der Waals surface area (Å²) in [6, 6.07) is 16.6. The fraction of sp³-hybridized carbons (Fsp3) is 0.276. The average molecular weight is 498 g/mol. The second-order valence-electron chi connectivity index (χ2n) is 8.55. The van der Waals surface area contributed by atoms with Gasteiger partial charge in [0.25, 0.3) is 0 Å². The standard InChI is InChI=1S/C29H27F4NO2/c1-2-3-4-15-35-23-11-13-26(34-18-23)22-10-12-24-21(17-22)9-8-20(28(24)31)7-5-19-6-14-27(25(30)16-19)36-29(32)33/h6,8-14,16-18,29H,2-5,7,15H2,1H3. The topological polar surface area (TPSA) is 31.4 Å². The van der Waals surface area contributed by atoms with Crippen LogP contribution < -0.4 is 9.47 Å². The molecule has 0 aliphatic rings. The van der Waals surface area contributed by atoms with Crippen molar-refractivity contribution >= 4 is 10.8 Å².